The highest BCUT2D eigenvalue weighted by molar-refractivity contribution is 4.69. The Bertz CT molecular complexity index is 144. The molecule has 104 valence electrons. The van der Waals surface area contributed by atoms with Crippen molar-refractivity contribution in [1.29, 1.82) is 0 Å². The lowest BCUT2D eigenvalue weighted by atomic mass is 9.91. The Morgan fingerprint density at radius 3 is 2.06 bits per heavy atom. The van der Waals surface area contributed by atoms with Crippen molar-refractivity contribution < 1.29 is 0 Å². The lowest BCUT2D eigenvalue weighted by Crippen LogP contribution is -2.30. The zero-order valence-corrected chi connectivity index (χ0v) is 12.7. The van der Waals surface area contributed by atoms with Gasteiger partial charge in [0, 0.05) is 6.04 Å². The van der Waals surface area contributed by atoms with Crippen molar-refractivity contribution in [2.24, 2.45) is 5.92 Å². The van der Waals surface area contributed by atoms with Crippen LogP contribution in [0.4, 0.5) is 0 Å². The van der Waals surface area contributed by atoms with E-state index >= 15 is 0 Å². The van der Waals surface area contributed by atoms with E-state index in [4.69, 9.17) is 0 Å². The molecule has 0 radical (unpaired) electrons. The maximum atomic E-state index is 3.71. The zero-order chi connectivity index (χ0) is 12.9. The van der Waals surface area contributed by atoms with E-state index < -0.39 is 0 Å². The average Bonchev–Trinajstić information content (AvgIpc) is 2.35. The molecule has 1 nitrogen and oxygen atoms in total. The fourth-order valence-corrected chi connectivity index (χ4v) is 2.53. The zero-order valence-electron chi connectivity index (χ0n) is 12.7. The predicted octanol–water partition coefficient (Wildman–Crippen LogP) is 5.15. The molecule has 1 heteroatoms. The lowest BCUT2D eigenvalue weighted by Gasteiger charge is -2.21. The summed E-state index contributed by atoms with van der Waals surface area (Å²) in [6.45, 7) is 10.4. The highest BCUT2D eigenvalue weighted by atomic mass is 14.9. The maximum Gasteiger partial charge on any atom is 0.00670 e. The Morgan fingerprint density at radius 2 is 1.53 bits per heavy atom. The second-order valence-electron chi connectivity index (χ2n) is 5.43. The van der Waals surface area contributed by atoms with Crippen LogP contribution in [0.15, 0.2) is 0 Å². The van der Waals surface area contributed by atoms with Crippen LogP contribution < -0.4 is 5.32 Å². The Labute approximate surface area is 110 Å². The second kappa shape index (κ2) is 12.4. The molecule has 0 bridgehead atoms. The van der Waals surface area contributed by atoms with Gasteiger partial charge in [0.05, 0.1) is 0 Å². The highest BCUT2D eigenvalue weighted by Crippen LogP contribution is 2.20. The topological polar surface area (TPSA) is 12.0 Å². The molecule has 2 atom stereocenters. The third kappa shape index (κ3) is 9.64. The van der Waals surface area contributed by atoms with Crippen LogP contribution in [0.3, 0.4) is 0 Å². The minimum absolute atomic E-state index is 0.774. The predicted molar refractivity (Wildman–Crippen MR) is 79.5 cm³/mol. The standard InChI is InChI=1S/C16H35N/c1-5-9-11-15(8-4)12-13-16(10-6-2)17-14-7-3/h15-17H,5-14H2,1-4H3. The van der Waals surface area contributed by atoms with Crippen LogP contribution in [-0.4, -0.2) is 12.6 Å². The first-order valence-corrected chi connectivity index (χ1v) is 8.01. The minimum atomic E-state index is 0.774. The summed E-state index contributed by atoms with van der Waals surface area (Å²) >= 11 is 0. The van der Waals surface area contributed by atoms with Crippen LogP contribution in [0.1, 0.15) is 85.5 Å². The molecule has 0 aliphatic heterocycles. The summed E-state index contributed by atoms with van der Waals surface area (Å²) in [4.78, 5) is 0. The van der Waals surface area contributed by atoms with Gasteiger partial charge in [0.25, 0.3) is 0 Å². The number of hydrogen-bond donors (Lipinski definition) is 1. The van der Waals surface area contributed by atoms with Crippen molar-refractivity contribution in [3.8, 4) is 0 Å². The first-order valence-electron chi connectivity index (χ1n) is 8.01. The highest BCUT2D eigenvalue weighted by Gasteiger charge is 2.11. The van der Waals surface area contributed by atoms with Gasteiger partial charge in [0.15, 0.2) is 0 Å². The smallest absolute Gasteiger partial charge is 0.00670 e. The van der Waals surface area contributed by atoms with Gasteiger partial charge < -0.3 is 5.32 Å². The number of hydrogen-bond acceptors (Lipinski definition) is 1. The summed E-state index contributed by atoms with van der Waals surface area (Å²) in [6, 6.07) is 0.774. The van der Waals surface area contributed by atoms with Gasteiger partial charge in [-0.1, -0.05) is 59.8 Å². The third-order valence-corrected chi connectivity index (χ3v) is 3.79. The van der Waals surface area contributed by atoms with Gasteiger partial charge in [0.1, 0.15) is 0 Å². The van der Waals surface area contributed by atoms with Crippen LogP contribution >= 0.6 is 0 Å². The summed E-state index contributed by atoms with van der Waals surface area (Å²) in [5.74, 6) is 0.970. The molecule has 0 saturated carbocycles. The Hall–Kier alpha value is -0.0400. The molecule has 1 N–H and O–H groups in total. The van der Waals surface area contributed by atoms with E-state index in [1.54, 1.807) is 0 Å². The molecule has 0 saturated heterocycles. The van der Waals surface area contributed by atoms with E-state index in [1.807, 2.05) is 0 Å². The first kappa shape index (κ1) is 17.0. The molecule has 0 aromatic heterocycles. The molecule has 0 aromatic carbocycles. The van der Waals surface area contributed by atoms with Crippen LogP contribution in [0.5, 0.6) is 0 Å². The van der Waals surface area contributed by atoms with Gasteiger partial charge in [-0.15, -0.1) is 0 Å². The van der Waals surface area contributed by atoms with Gasteiger partial charge in [0.2, 0.25) is 0 Å². The van der Waals surface area contributed by atoms with Crippen molar-refractivity contribution in [2.45, 2.75) is 91.5 Å². The largest absolute Gasteiger partial charge is 0.314 e. The number of nitrogens with one attached hydrogen (secondary N) is 1. The van der Waals surface area contributed by atoms with E-state index in [-0.39, 0.29) is 0 Å². The van der Waals surface area contributed by atoms with Crippen LogP contribution in [0, 0.1) is 5.92 Å². The monoisotopic (exact) mass is 241 g/mol. The van der Waals surface area contributed by atoms with E-state index in [0.29, 0.717) is 0 Å². The van der Waals surface area contributed by atoms with Crippen molar-refractivity contribution >= 4 is 0 Å². The number of rotatable bonds is 12. The summed E-state index contributed by atoms with van der Waals surface area (Å²) in [7, 11) is 0. The Kier molecular flexibility index (Phi) is 12.4. The molecule has 0 aliphatic rings. The van der Waals surface area contributed by atoms with Crippen molar-refractivity contribution in [2.75, 3.05) is 6.54 Å². The summed E-state index contributed by atoms with van der Waals surface area (Å²) in [6.07, 6.45) is 12.3. The fraction of sp³-hybridized carbons (Fsp3) is 1.00. The van der Waals surface area contributed by atoms with Crippen LogP contribution in [-0.2, 0) is 0 Å². The Balaban J connectivity index is 3.81. The molecule has 2 unspecified atom stereocenters. The van der Waals surface area contributed by atoms with Crippen LogP contribution in [0.2, 0.25) is 0 Å². The summed E-state index contributed by atoms with van der Waals surface area (Å²) in [5, 5.41) is 3.71. The fourth-order valence-electron chi connectivity index (χ4n) is 2.53. The van der Waals surface area contributed by atoms with E-state index in [9.17, 15) is 0 Å². The van der Waals surface area contributed by atoms with E-state index in [2.05, 4.69) is 33.0 Å². The van der Waals surface area contributed by atoms with Gasteiger partial charge >= 0.3 is 0 Å². The number of unbranched alkanes of at least 4 members (excludes halogenated alkanes) is 1. The molecule has 0 amide bonds. The molecule has 0 aromatic rings. The Morgan fingerprint density at radius 1 is 0.765 bits per heavy atom. The van der Waals surface area contributed by atoms with Gasteiger partial charge in [-0.25, -0.2) is 0 Å². The van der Waals surface area contributed by atoms with Crippen molar-refractivity contribution in [3.63, 3.8) is 0 Å². The maximum absolute atomic E-state index is 3.71. The van der Waals surface area contributed by atoms with Crippen molar-refractivity contribution in [3.05, 3.63) is 0 Å². The molecule has 0 fully saturated rings. The average molecular weight is 241 g/mol. The minimum Gasteiger partial charge on any atom is -0.314 e. The molecule has 0 spiro atoms. The SMILES string of the molecule is CCCCC(CC)CCC(CCC)NCCC. The first-order chi connectivity index (χ1) is 8.28. The molecule has 17 heavy (non-hydrogen) atoms. The van der Waals surface area contributed by atoms with Gasteiger partial charge in [-0.05, 0) is 38.1 Å². The molecule has 0 rings (SSSR count). The summed E-state index contributed by atoms with van der Waals surface area (Å²) < 4.78 is 0. The molecule has 0 aliphatic carbocycles. The van der Waals surface area contributed by atoms with Crippen molar-refractivity contribution in [1.82, 2.24) is 5.32 Å². The molecular formula is C16H35N. The van der Waals surface area contributed by atoms with E-state index in [0.717, 1.165) is 12.0 Å². The van der Waals surface area contributed by atoms with Gasteiger partial charge in [-0.2, -0.15) is 0 Å². The normalized spacial score (nSPS) is 14.8. The lowest BCUT2D eigenvalue weighted by molar-refractivity contribution is 0.357. The van der Waals surface area contributed by atoms with Crippen LogP contribution in [0.25, 0.3) is 0 Å². The van der Waals surface area contributed by atoms with E-state index in [1.165, 1.54) is 64.3 Å². The third-order valence-electron chi connectivity index (χ3n) is 3.79. The van der Waals surface area contributed by atoms with Gasteiger partial charge in [-0.3, -0.25) is 0 Å². The quantitative estimate of drug-likeness (QED) is 0.498. The summed E-state index contributed by atoms with van der Waals surface area (Å²) in [5.41, 5.74) is 0. The molecular weight excluding hydrogens is 206 g/mol. The second-order valence-corrected chi connectivity index (χ2v) is 5.43. The molecule has 0 heterocycles.